The summed E-state index contributed by atoms with van der Waals surface area (Å²) in [4.78, 5) is 26.2. The van der Waals surface area contributed by atoms with E-state index in [9.17, 15) is 4.79 Å². The van der Waals surface area contributed by atoms with Crippen LogP contribution in [0.1, 0.15) is 29.0 Å². The molecule has 1 aromatic carbocycles. The zero-order valence-electron chi connectivity index (χ0n) is 16.7. The minimum atomic E-state index is -0.114. The molecule has 6 heteroatoms. The highest BCUT2D eigenvalue weighted by Gasteiger charge is 2.46. The Balaban J connectivity index is 1.42. The fraction of sp³-hybridized carbons (Fsp3) is 0.348. The highest BCUT2D eigenvalue weighted by Crippen LogP contribution is 2.41. The third kappa shape index (κ3) is 2.95. The number of carbonyl (C=O) groups is 1. The molecule has 1 saturated heterocycles. The molecule has 0 unspecified atom stereocenters. The monoisotopic (exact) mass is 387 g/mol. The quantitative estimate of drug-likeness (QED) is 0.678. The van der Waals surface area contributed by atoms with E-state index in [1.807, 2.05) is 29.3 Å². The van der Waals surface area contributed by atoms with E-state index >= 15 is 0 Å². The molecule has 148 valence electrons. The summed E-state index contributed by atoms with van der Waals surface area (Å²) in [5, 5.41) is 0. The molecule has 4 heterocycles. The zero-order valence-corrected chi connectivity index (χ0v) is 16.7. The fourth-order valence-electron chi connectivity index (χ4n) is 4.80. The van der Waals surface area contributed by atoms with Crippen LogP contribution in [-0.4, -0.2) is 56.9 Å². The molecule has 0 bridgehead atoms. The van der Waals surface area contributed by atoms with Crippen LogP contribution >= 0.6 is 0 Å². The van der Waals surface area contributed by atoms with Gasteiger partial charge in [-0.15, -0.1) is 0 Å². The third-order valence-corrected chi connectivity index (χ3v) is 6.52. The van der Waals surface area contributed by atoms with Crippen molar-refractivity contribution in [1.29, 1.82) is 0 Å². The zero-order chi connectivity index (χ0) is 19.8. The molecule has 6 nitrogen and oxygen atoms in total. The standard InChI is InChI=1S/C23H25N5O/c1-26-14-15-28-20(18-6-3-2-4-7-18)17-25-22(28)23(26)9-12-27(13-10-23)21(29)19-8-5-11-24-16-19/h2-8,11,16-17H,9-10,12-15H2,1H3. The molecule has 0 atom stereocenters. The van der Waals surface area contributed by atoms with Gasteiger partial charge < -0.3 is 9.47 Å². The van der Waals surface area contributed by atoms with Crippen LogP contribution in [-0.2, 0) is 12.1 Å². The van der Waals surface area contributed by atoms with Crippen LogP contribution in [0.3, 0.4) is 0 Å². The molecule has 0 N–H and O–H groups in total. The normalized spacial score (nSPS) is 18.6. The third-order valence-electron chi connectivity index (χ3n) is 6.52. The molecule has 2 aromatic heterocycles. The number of nitrogens with zero attached hydrogens (tertiary/aromatic N) is 5. The van der Waals surface area contributed by atoms with Gasteiger partial charge in [0.1, 0.15) is 5.82 Å². The van der Waals surface area contributed by atoms with Gasteiger partial charge in [-0.2, -0.15) is 0 Å². The van der Waals surface area contributed by atoms with E-state index in [1.54, 1.807) is 12.4 Å². The lowest BCUT2D eigenvalue weighted by molar-refractivity contribution is 0.0101. The van der Waals surface area contributed by atoms with Gasteiger partial charge >= 0.3 is 0 Å². The summed E-state index contributed by atoms with van der Waals surface area (Å²) >= 11 is 0. The summed E-state index contributed by atoms with van der Waals surface area (Å²) in [6.07, 6.45) is 7.14. The van der Waals surface area contributed by atoms with E-state index in [1.165, 1.54) is 11.3 Å². The Morgan fingerprint density at radius 1 is 0.966 bits per heavy atom. The largest absolute Gasteiger partial charge is 0.338 e. The van der Waals surface area contributed by atoms with Crippen LogP contribution in [0.2, 0.25) is 0 Å². The number of fused-ring (bicyclic) bond motifs is 2. The summed E-state index contributed by atoms with van der Waals surface area (Å²) in [7, 11) is 2.19. The number of hydrogen-bond donors (Lipinski definition) is 0. The topological polar surface area (TPSA) is 54.3 Å². The van der Waals surface area contributed by atoms with Crippen molar-refractivity contribution in [3.63, 3.8) is 0 Å². The Morgan fingerprint density at radius 3 is 2.48 bits per heavy atom. The van der Waals surface area contributed by atoms with E-state index < -0.39 is 0 Å². The lowest BCUT2D eigenvalue weighted by Gasteiger charge is -2.49. The highest BCUT2D eigenvalue weighted by atomic mass is 16.2. The number of likely N-dealkylation sites (tertiary alicyclic amines) is 1. The molecular weight excluding hydrogens is 362 g/mol. The summed E-state index contributed by atoms with van der Waals surface area (Å²) in [6.45, 7) is 3.38. The van der Waals surface area contributed by atoms with Gasteiger partial charge in [0.2, 0.25) is 0 Å². The first kappa shape index (κ1) is 18.1. The number of rotatable bonds is 2. The van der Waals surface area contributed by atoms with Gasteiger partial charge in [-0.1, -0.05) is 30.3 Å². The van der Waals surface area contributed by atoms with Crippen molar-refractivity contribution in [2.75, 3.05) is 26.7 Å². The van der Waals surface area contributed by atoms with Crippen LogP contribution < -0.4 is 0 Å². The Bertz CT molecular complexity index is 1010. The molecular formula is C23H25N5O. The van der Waals surface area contributed by atoms with Gasteiger partial charge in [0.15, 0.2) is 0 Å². The second-order valence-corrected chi connectivity index (χ2v) is 7.97. The molecule has 1 fully saturated rings. The molecule has 1 amide bonds. The summed E-state index contributed by atoms with van der Waals surface area (Å²) in [5.41, 5.74) is 2.93. The highest BCUT2D eigenvalue weighted by molar-refractivity contribution is 5.93. The molecule has 0 saturated carbocycles. The van der Waals surface area contributed by atoms with Crippen molar-refractivity contribution in [3.8, 4) is 11.3 Å². The molecule has 3 aromatic rings. The van der Waals surface area contributed by atoms with Crippen molar-refractivity contribution in [2.45, 2.75) is 24.9 Å². The van der Waals surface area contributed by atoms with Crippen LogP contribution in [0.5, 0.6) is 0 Å². The van der Waals surface area contributed by atoms with Gasteiger partial charge in [-0.3, -0.25) is 14.7 Å². The number of amides is 1. The van der Waals surface area contributed by atoms with Crippen molar-refractivity contribution < 1.29 is 4.79 Å². The predicted molar refractivity (Wildman–Crippen MR) is 111 cm³/mol. The van der Waals surface area contributed by atoms with Crippen molar-refractivity contribution in [2.24, 2.45) is 0 Å². The molecule has 0 aliphatic carbocycles. The number of benzene rings is 1. The second kappa shape index (κ2) is 7.12. The minimum Gasteiger partial charge on any atom is -0.338 e. The summed E-state index contributed by atoms with van der Waals surface area (Å²) in [6, 6.07) is 14.1. The number of hydrogen-bond acceptors (Lipinski definition) is 4. The van der Waals surface area contributed by atoms with Gasteiger partial charge in [0, 0.05) is 38.6 Å². The molecule has 2 aliphatic heterocycles. The minimum absolute atomic E-state index is 0.0692. The molecule has 29 heavy (non-hydrogen) atoms. The average molecular weight is 387 g/mol. The first-order valence-corrected chi connectivity index (χ1v) is 10.2. The number of carbonyl (C=O) groups excluding carboxylic acids is 1. The van der Waals surface area contributed by atoms with Crippen LogP contribution in [0.25, 0.3) is 11.3 Å². The summed E-state index contributed by atoms with van der Waals surface area (Å²) < 4.78 is 2.38. The maximum atomic E-state index is 12.8. The van der Waals surface area contributed by atoms with E-state index in [2.05, 4.69) is 45.8 Å². The number of likely N-dealkylation sites (N-methyl/N-ethyl adjacent to an activating group) is 1. The van der Waals surface area contributed by atoms with Gasteiger partial charge in [0.25, 0.3) is 5.91 Å². The Kier molecular flexibility index (Phi) is 4.43. The van der Waals surface area contributed by atoms with E-state index in [4.69, 9.17) is 4.98 Å². The van der Waals surface area contributed by atoms with Crippen LogP contribution in [0, 0.1) is 0 Å². The number of pyridine rings is 1. The molecule has 0 radical (unpaired) electrons. The van der Waals surface area contributed by atoms with Gasteiger partial charge in [-0.05, 0) is 37.6 Å². The Hall–Kier alpha value is -2.99. The fourth-order valence-corrected chi connectivity index (χ4v) is 4.80. The van der Waals surface area contributed by atoms with Crippen LogP contribution in [0.15, 0.2) is 61.1 Å². The van der Waals surface area contributed by atoms with Gasteiger partial charge in [-0.25, -0.2) is 4.98 Å². The maximum Gasteiger partial charge on any atom is 0.255 e. The number of piperidine rings is 1. The van der Waals surface area contributed by atoms with Gasteiger partial charge in [0.05, 0.1) is 23.0 Å². The van der Waals surface area contributed by atoms with E-state index in [-0.39, 0.29) is 11.4 Å². The van der Waals surface area contributed by atoms with Crippen molar-refractivity contribution >= 4 is 5.91 Å². The molecule has 1 spiro atoms. The van der Waals surface area contributed by atoms with Crippen molar-refractivity contribution in [3.05, 3.63) is 72.4 Å². The summed E-state index contributed by atoms with van der Waals surface area (Å²) in [5.74, 6) is 1.21. The first-order chi connectivity index (χ1) is 14.2. The van der Waals surface area contributed by atoms with Crippen LogP contribution in [0.4, 0.5) is 0 Å². The Labute approximate surface area is 170 Å². The SMILES string of the molecule is CN1CCn2c(-c3ccccc3)cnc2C12CCN(C(=O)c1cccnc1)CC2. The number of imidazole rings is 1. The smallest absolute Gasteiger partial charge is 0.255 e. The Morgan fingerprint density at radius 2 is 1.76 bits per heavy atom. The lowest BCUT2D eigenvalue weighted by atomic mass is 9.83. The average Bonchev–Trinajstić information content (AvgIpc) is 3.23. The predicted octanol–water partition coefficient (Wildman–Crippen LogP) is 3.02. The van der Waals surface area contributed by atoms with Crippen molar-refractivity contribution in [1.82, 2.24) is 24.3 Å². The van der Waals surface area contributed by atoms with E-state index in [0.29, 0.717) is 5.56 Å². The second-order valence-electron chi connectivity index (χ2n) is 7.97. The van der Waals surface area contributed by atoms with E-state index in [0.717, 1.165) is 44.8 Å². The first-order valence-electron chi connectivity index (χ1n) is 10.2. The molecule has 5 rings (SSSR count). The number of aromatic nitrogens is 3. The maximum absolute atomic E-state index is 12.8. The molecule has 2 aliphatic rings. The lowest BCUT2D eigenvalue weighted by Crippen LogP contribution is -2.57.